The highest BCUT2D eigenvalue weighted by Gasteiger charge is 2.54. The first kappa shape index (κ1) is 24.3. The van der Waals surface area contributed by atoms with E-state index in [-0.39, 0.29) is 28.0 Å². The molecule has 2 amide bonds. The van der Waals surface area contributed by atoms with E-state index in [2.05, 4.69) is 15.5 Å². The number of carboxylic acids is 1. The van der Waals surface area contributed by atoms with Crippen LogP contribution in [0.1, 0.15) is 11.4 Å². The third kappa shape index (κ3) is 4.45. The number of aliphatic carboxylic acids is 1. The number of rotatable bonds is 8. The molecule has 0 spiro atoms. The summed E-state index contributed by atoms with van der Waals surface area (Å²) < 4.78 is 1.29. The molecule has 0 aliphatic carbocycles. The molecule has 0 bridgehead atoms. The van der Waals surface area contributed by atoms with Crippen molar-refractivity contribution in [1.82, 2.24) is 15.2 Å². The van der Waals surface area contributed by atoms with Gasteiger partial charge in [0, 0.05) is 23.8 Å². The Hall–Kier alpha value is -2.82. The normalized spacial score (nSPS) is 20.1. The summed E-state index contributed by atoms with van der Waals surface area (Å²) in [5.41, 5.74) is 6.65. The quantitative estimate of drug-likeness (QED) is 0.107. The summed E-state index contributed by atoms with van der Waals surface area (Å²) in [7, 11) is 1.27. The van der Waals surface area contributed by atoms with Crippen molar-refractivity contribution in [2.45, 2.75) is 22.7 Å². The Morgan fingerprint density at radius 3 is 2.82 bits per heavy atom. The molecule has 1 unspecified atom stereocenters. The molecule has 0 saturated carbocycles. The number of aromatic nitrogens is 2. The van der Waals surface area contributed by atoms with Crippen LogP contribution < -0.4 is 15.8 Å². The van der Waals surface area contributed by atoms with E-state index >= 15 is 0 Å². The molecule has 12 nitrogen and oxygen atoms in total. The summed E-state index contributed by atoms with van der Waals surface area (Å²) in [5, 5.41) is 31.0. The van der Waals surface area contributed by atoms with Crippen LogP contribution in [-0.2, 0) is 19.2 Å². The van der Waals surface area contributed by atoms with Crippen LogP contribution in [0.5, 0.6) is 0 Å². The van der Waals surface area contributed by atoms with Crippen LogP contribution in [0, 0.1) is 12.1 Å². The molecule has 4 rings (SSSR count). The number of nitrogen functional groups attached to an aromatic ring is 1. The topological polar surface area (TPSA) is 174 Å². The van der Waals surface area contributed by atoms with Gasteiger partial charge in [0.25, 0.3) is 11.8 Å². The van der Waals surface area contributed by atoms with E-state index in [4.69, 9.17) is 10.6 Å². The first-order valence-electron chi connectivity index (χ1n) is 9.56. The zero-order valence-electron chi connectivity index (χ0n) is 17.7. The number of fused-ring (bicyclic) bond motifs is 1. The van der Waals surface area contributed by atoms with Crippen molar-refractivity contribution >= 4 is 74.8 Å². The van der Waals surface area contributed by atoms with E-state index in [1.807, 2.05) is 0 Å². The number of hydrogen-bond donors (Lipinski definition) is 3. The van der Waals surface area contributed by atoms with Gasteiger partial charge in [0.05, 0.1) is 5.38 Å². The molecule has 0 radical (unpaired) electrons. The summed E-state index contributed by atoms with van der Waals surface area (Å²) in [6.07, 6.45) is 0. The monoisotopic (exact) mass is 542 g/mol. The number of thioether (sulfide) groups is 2. The standard InChI is InChI=1S/C18H18N6O6S4/c1-7-3-33-18(24(7)29)34-5-8-4-31-15-11(14(26)23(15)12(8)16(27)28)21-13(25)10(22-30-2)9-6-32-17(19)20-9/h3,6,11,15H,4-5H2,1-2H3,(H2,19,20)(H,21,25)(H,27,28)/t11?,15-/m0/s1. The fraction of sp³-hybridized carbons (Fsp3) is 0.333. The van der Waals surface area contributed by atoms with Gasteiger partial charge in [0.15, 0.2) is 10.8 Å². The van der Waals surface area contributed by atoms with Crippen LogP contribution in [-0.4, -0.2) is 68.5 Å². The largest absolute Gasteiger partial charge is 0.617 e. The van der Waals surface area contributed by atoms with Gasteiger partial charge in [-0.05, 0) is 17.3 Å². The zero-order valence-corrected chi connectivity index (χ0v) is 21.0. The van der Waals surface area contributed by atoms with Crippen LogP contribution in [0.15, 0.2) is 31.5 Å². The average molecular weight is 543 g/mol. The molecule has 1 fully saturated rings. The van der Waals surface area contributed by atoms with E-state index in [1.54, 1.807) is 12.3 Å². The van der Waals surface area contributed by atoms with Gasteiger partial charge in [-0.25, -0.2) is 9.78 Å². The van der Waals surface area contributed by atoms with Crippen molar-refractivity contribution in [3.05, 3.63) is 38.6 Å². The second-order valence-electron chi connectivity index (χ2n) is 7.04. The number of aryl methyl sites for hydroxylation is 1. The smallest absolute Gasteiger partial charge is 0.352 e. The van der Waals surface area contributed by atoms with Crippen molar-refractivity contribution in [1.29, 1.82) is 0 Å². The van der Waals surface area contributed by atoms with Gasteiger partial charge in [0.2, 0.25) is 5.69 Å². The summed E-state index contributed by atoms with van der Waals surface area (Å²) in [6, 6.07) is -0.942. The van der Waals surface area contributed by atoms with E-state index < -0.39 is 29.2 Å². The lowest BCUT2D eigenvalue weighted by Crippen LogP contribution is -2.71. The first-order valence-corrected chi connectivity index (χ1v) is 13.4. The summed E-state index contributed by atoms with van der Waals surface area (Å²) in [5.74, 6) is -1.90. The molecule has 1 saturated heterocycles. The molecule has 4 heterocycles. The number of anilines is 1. The Kier molecular flexibility index (Phi) is 7.01. The van der Waals surface area contributed by atoms with E-state index in [0.29, 0.717) is 21.4 Å². The maximum atomic E-state index is 12.9. The fourth-order valence-electron chi connectivity index (χ4n) is 3.31. The minimum Gasteiger partial charge on any atom is -0.617 e. The highest BCUT2D eigenvalue weighted by molar-refractivity contribution is 8.01. The molecular formula is C18H18N6O6S4. The number of amides is 2. The van der Waals surface area contributed by atoms with E-state index in [1.165, 1.54) is 52.3 Å². The molecule has 2 aliphatic rings. The number of hydrogen-bond acceptors (Lipinski definition) is 12. The first-order chi connectivity index (χ1) is 16.2. The number of oxime groups is 1. The van der Waals surface area contributed by atoms with Crippen molar-refractivity contribution < 1.29 is 29.1 Å². The molecule has 2 aromatic rings. The number of carbonyl (C=O) groups is 3. The van der Waals surface area contributed by atoms with Gasteiger partial charge in [-0.3, -0.25) is 14.5 Å². The SMILES string of the molecule is CON=C(C(=O)NC1C(=O)N2C(C(=O)O)=C(CSc3scc(C)[n+]3[O-])CS[C@@H]12)c1csc(N)n1. The minimum atomic E-state index is -1.24. The van der Waals surface area contributed by atoms with Gasteiger partial charge < -0.3 is 26.2 Å². The molecule has 0 aromatic carbocycles. The second-order valence-corrected chi connectivity index (χ2v) is 11.1. The lowest BCUT2D eigenvalue weighted by Gasteiger charge is -2.49. The van der Waals surface area contributed by atoms with E-state index in [9.17, 15) is 24.7 Å². The van der Waals surface area contributed by atoms with Gasteiger partial charge in [0.1, 0.15) is 29.9 Å². The number of carboxylic acid groups (broad SMARTS) is 1. The Morgan fingerprint density at radius 2 is 2.24 bits per heavy atom. The lowest BCUT2D eigenvalue weighted by molar-refractivity contribution is -0.644. The highest BCUT2D eigenvalue weighted by Crippen LogP contribution is 2.41. The minimum absolute atomic E-state index is 0.115. The summed E-state index contributed by atoms with van der Waals surface area (Å²) >= 11 is 4.96. The third-order valence-corrected chi connectivity index (χ3v) is 9.27. The number of nitrogens with one attached hydrogen (secondary N) is 1. The zero-order chi connectivity index (χ0) is 24.6. The summed E-state index contributed by atoms with van der Waals surface area (Å²) in [4.78, 5) is 47.6. The maximum absolute atomic E-state index is 12.9. The van der Waals surface area contributed by atoms with Crippen LogP contribution >= 0.6 is 46.2 Å². The molecule has 4 N–H and O–H groups in total. The summed E-state index contributed by atoms with van der Waals surface area (Å²) in [6.45, 7) is 1.69. The van der Waals surface area contributed by atoms with Gasteiger partial charge in [-0.2, -0.15) is 4.73 Å². The van der Waals surface area contributed by atoms with Gasteiger partial charge in [-0.15, -0.1) is 23.1 Å². The van der Waals surface area contributed by atoms with Crippen LogP contribution in [0.25, 0.3) is 0 Å². The van der Waals surface area contributed by atoms with Crippen molar-refractivity contribution in [3.8, 4) is 0 Å². The third-order valence-electron chi connectivity index (χ3n) is 4.88. The number of thiazole rings is 2. The maximum Gasteiger partial charge on any atom is 0.352 e. The predicted molar refractivity (Wildman–Crippen MR) is 128 cm³/mol. The number of nitrogens with zero attached hydrogens (tertiary/aromatic N) is 4. The molecule has 16 heteroatoms. The van der Waals surface area contributed by atoms with Crippen LogP contribution in [0.3, 0.4) is 0 Å². The molecule has 2 atom stereocenters. The van der Waals surface area contributed by atoms with Gasteiger partial charge in [-0.1, -0.05) is 16.5 Å². The molecule has 2 aromatic heterocycles. The average Bonchev–Trinajstić information content (AvgIpc) is 3.38. The van der Waals surface area contributed by atoms with Gasteiger partial charge >= 0.3 is 10.3 Å². The molecular weight excluding hydrogens is 525 g/mol. The highest BCUT2D eigenvalue weighted by atomic mass is 32.2. The lowest BCUT2D eigenvalue weighted by atomic mass is 10.0. The Labute approximate surface area is 209 Å². The molecule has 2 aliphatic heterocycles. The Bertz CT molecular complexity index is 1220. The van der Waals surface area contributed by atoms with Crippen molar-refractivity contribution in [2.24, 2.45) is 5.16 Å². The second kappa shape index (κ2) is 9.81. The number of nitrogens with two attached hydrogens (primary N) is 1. The predicted octanol–water partition coefficient (Wildman–Crippen LogP) is 0.610. The Balaban J connectivity index is 1.49. The molecule has 180 valence electrons. The Morgan fingerprint density at radius 1 is 1.47 bits per heavy atom. The number of carbonyl (C=O) groups excluding carboxylic acids is 2. The van der Waals surface area contributed by atoms with Crippen molar-refractivity contribution in [3.63, 3.8) is 0 Å². The number of β-lactam (4-membered cyclic amide) rings is 1. The molecule has 34 heavy (non-hydrogen) atoms. The fourth-order valence-corrected chi connectivity index (χ4v) is 7.33. The van der Waals surface area contributed by atoms with Crippen LogP contribution in [0.2, 0.25) is 0 Å². The van der Waals surface area contributed by atoms with E-state index in [0.717, 1.165) is 16.1 Å². The van der Waals surface area contributed by atoms with Crippen LogP contribution in [0.4, 0.5) is 5.13 Å². The van der Waals surface area contributed by atoms with Crippen molar-refractivity contribution in [2.75, 3.05) is 24.3 Å².